The van der Waals surface area contributed by atoms with Crippen LogP contribution in [0.4, 0.5) is 13.2 Å². The molecule has 0 fully saturated rings. The minimum Gasteiger partial charge on any atom is -0.484 e. The van der Waals surface area contributed by atoms with Crippen LogP contribution in [0.25, 0.3) is 0 Å². The fourth-order valence-electron chi connectivity index (χ4n) is 0.808. The average molecular weight is 189 g/mol. The minimum atomic E-state index is -4.29. The van der Waals surface area contributed by atoms with Crippen molar-refractivity contribution in [3.63, 3.8) is 0 Å². The van der Waals surface area contributed by atoms with Crippen LogP contribution in [0.1, 0.15) is 5.56 Å². The molecular weight excluding hydrogens is 181 g/mol. The van der Waals surface area contributed by atoms with Crippen molar-refractivity contribution < 1.29 is 17.9 Å². The van der Waals surface area contributed by atoms with Crippen molar-refractivity contribution in [2.45, 2.75) is 13.1 Å². The van der Waals surface area contributed by atoms with Crippen molar-refractivity contribution in [3.05, 3.63) is 29.8 Å². The number of aryl methyl sites for hydroxylation is 1. The van der Waals surface area contributed by atoms with E-state index in [-0.39, 0.29) is 5.75 Å². The molecule has 0 aliphatic carbocycles. The van der Waals surface area contributed by atoms with Gasteiger partial charge < -0.3 is 4.74 Å². The summed E-state index contributed by atoms with van der Waals surface area (Å²) in [6.07, 6.45) is -4.29. The monoisotopic (exact) mass is 189 g/mol. The van der Waals surface area contributed by atoms with Crippen LogP contribution in [0.5, 0.6) is 5.75 Å². The van der Waals surface area contributed by atoms with Gasteiger partial charge in [0, 0.05) is 0 Å². The van der Waals surface area contributed by atoms with Gasteiger partial charge >= 0.3 is 6.18 Å². The molecule has 0 aliphatic heterocycles. The lowest BCUT2D eigenvalue weighted by molar-refractivity contribution is -0.153. The summed E-state index contributed by atoms with van der Waals surface area (Å²) < 4.78 is 39.8. The standard InChI is InChI=1S/C9H8F3O/c1-7-4-2-3-5-8(7)13-6-9(10,11)12/h2,4-5H,6H2,1H3. The summed E-state index contributed by atoms with van der Waals surface area (Å²) in [5.41, 5.74) is 0.669. The summed E-state index contributed by atoms with van der Waals surface area (Å²) in [4.78, 5) is 0. The molecule has 0 unspecified atom stereocenters. The summed E-state index contributed by atoms with van der Waals surface area (Å²) in [6, 6.07) is 7.30. The van der Waals surface area contributed by atoms with Gasteiger partial charge in [0.25, 0.3) is 0 Å². The molecule has 0 heterocycles. The molecule has 1 aromatic carbocycles. The molecule has 71 valence electrons. The van der Waals surface area contributed by atoms with Crippen molar-refractivity contribution in [2.24, 2.45) is 0 Å². The van der Waals surface area contributed by atoms with E-state index < -0.39 is 12.8 Å². The number of rotatable bonds is 2. The Labute approximate surface area is 74.1 Å². The summed E-state index contributed by atoms with van der Waals surface area (Å²) in [5.74, 6) is 0.222. The molecule has 0 saturated carbocycles. The van der Waals surface area contributed by atoms with Crippen molar-refractivity contribution >= 4 is 0 Å². The molecule has 1 radical (unpaired) electrons. The number of halogens is 3. The van der Waals surface area contributed by atoms with Crippen LogP contribution in [-0.4, -0.2) is 12.8 Å². The van der Waals surface area contributed by atoms with E-state index in [0.29, 0.717) is 5.56 Å². The predicted octanol–water partition coefficient (Wildman–Crippen LogP) is 2.74. The second kappa shape index (κ2) is 3.68. The second-order valence-electron chi connectivity index (χ2n) is 2.60. The van der Waals surface area contributed by atoms with E-state index in [9.17, 15) is 13.2 Å². The smallest absolute Gasteiger partial charge is 0.422 e. The second-order valence-corrected chi connectivity index (χ2v) is 2.60. The Kier molecular flexibility index (Phi) is 2.80. The lowest BCUT2D eigenvalue weighted by atomic mass is 10.2. The normalized spacial score (nSPS) is 11.4. The van der Waals surface area contributed by atoms with E-state index in [1.807, 2.05) is 0 Å². The van der Waals surface area contributed by atoms with E-state index in [1.165, 1.54) is 6.07 Å². The molecule has 1 nitrogen and oxygen atoms in total. The number of ether oxygens (including phenoxy) is 1. The fourth-order valence-corrected chi connectivity index (χ4v) is 0.808. The molecule has 0 aliphatic rings. The molecule has 0 N–H and O–H groups in total. The molecule has 0 aromatic heterocycles. The molecule has 0 spiro atoms. The largest absolute Gasteiger partial charge is 0.484 e. The third-order valence-electron chi connectivity index (χ3n) is 1.42. The first kappa shape index (κ1) is 9.89. The third kappa shape index (κ3) is 3.36. The highest BCUT2D eigenvalue weighted by Gasteiger charge is 2.28. The van der Waals surface area contributed by atoms with Crippen molar-refractivity contribution in [1.82, 2.24) is 0 Å². The number of hydrogen-bond acceptors (Lipinski definition) is 1. The molecule has 0 bridgehead atoms. The summed E-state index contributed by atoms with van der Waals surface area (Å²) >= 11 is 0. The van der Waals surface area contributed by atoms with Crippen LogP contribution in [0.3, 0.4) is 0 Å². The zero-order chi connectivity index (χ0) is 9.90. The van der Waals surface area contributed by atoms with Crippen LogP contribution in [0, 0.1) is 13.0 Å². The van der Waals surface area contributed by atoms with Gasteiger partial charge in [0.1, 0.15) is 5.75 Å². The quantitative estimate of drug-likeness (QED) is 0.695. The molecule has 4 heteroatoms. The van der Waals surface area contributed by atoms with Crippen molar-refractivity contribution in [2.75, 3.05) is 6.61 Å². The van der Waals surface area contributed by atoms with Gasteiger partial charge in [0.2, 0.25) is 0 Å². The lowest BCUT2D eigenvalue weighted by Crippen LogP contribution is -2.19. The summed E-state index contributed by atoms with van der Waals surface area (Å²) in [7, 11) is 0. The number of hydrogen-bond donors (Lipinski definition) is 0. The predicted molar refractivity (Wildman–Crippen MR) is 41.6 cm³/mol. The van der Waals surface area contributed by atoms with Gasteiger partial charge in [-0.05, 0) is 24.6 Å². The topological polar surface area (TPSA) is 9.23 Å². The Hall–Kier alpha value is -1.19. The fraction of sp³-hybridized carbons (Fsp3) is 0.333. The Morgan fingerprint density at radius 2 is 2.15 bits per heavy atom. The average Bonchev–Trinajstić information content (AvgIpc) is 2.01. The first-order chi connectivity index (χ1) is 5.99. The maximum absolute atomic E-state index is 11.7. The zero-order valence-electron chi connectivity index (χ0n) is 6.98. The first-order valence-corrected chi connectivity index (χ1v) is 3.65. The van der Waals surface area contributed by atoms with Gasteiger partial charge in [-0.1, -0.05) is 12.1 Å². The van der Waals surface area contributed by atoms with Gasteiger partial charge in [-0.15, -0.1) is 0 Å². The van der Waals surface area contributed by atoms with Crippen LogP contribution in [0.2, 0.25) is 0 Å². The van der Waals surface area contributed by atoms with Crippen LogP contribution >= 0.6 is 0 Å². The lowest BCUT2D eigenvalue weighted by Gasteiger charge is -2.10. The molecule has 13 heavy (non-hydrogen) atoms. The molecule has 1 aromatic rings. The van der Waals surface area contributed by atoms with E-state index >= 15 is 0 Å². The van der Waals surface area contributed by atoms with Crippen LogP contribution in [0.15, 0.2) is 18.2 Å². The van der Waals surface area contributed by atoms with Gasteiger partial charge in [-0.3, -0.25) is 0 Å². The molecular formula is C9H8F3O. The maximum Gasteiger partial charge on any atom is 0.422 e. The first-order valence-electron chi connectivity index (χ1n) is 3.65. The van der Waals surface area contributed by atoms with E-state index in [4.69, 9.17) is 0 Å². The Balaban J connectivity index is 2.60. The number of alkyl halides is 3. The Morgan fingerprint density at radius 1 is 1.46 bits per heavy atom. The van der Waals surface area contributed by atoms with Crippen LogP contribution in [-0.2, 0) is 0 Å². The Bertz CT molecular complexity index is 280. The number of benzene rings is 1. The van der Waals surface area contributed by atoms with E-state index in [1.54, 1.807) is 19.1 Å². The van der Waals surface area contributed by atoms with Gasteiger partial charge in [-0.2, -0.15) is 13.2 Å². The zero-order valence-corrected chi connectivity index (χ0v) is 6.98. The molecule has 1 rings (SSSR count). The minimum absolute atomic E-state index is 0.222. The van der Waals surface area contributed by atoms with Crippen LogP contribution < -0.4 is 4.74 Å². The van der Waals surface area contributed by atoms with Crippen molar-refractivity contribution in [1.29, 1.82) is 0 Å². The van der Waals surface area contributed by atoms with Crippen molar-refractivity contribution in [3.8, 4) is 5.75 Å². The molecule has 0 saturated heterocycles. The maximum atomic E-state index is 11.7. The highest BCUT2D eigenvalue weighted by molar-refractivity contribution is 5.31. The third-order valence-corrected chi connectivity index (χ3v) is 1.42. The molecule has 0 amide bonds. The van der Waals surface area contributed by atoms with E-state index in [0.717, 1.165) is 0 Å². The van der Waals surface area contributed by atoms with E-state index in [2.05, 4.69) is 10.8 Å². The Morgan fingerprint density at radius 3 is 2.69 bits per heavy atom. The highest BCUT2D eigenvalue weighted by atomic mass is 19.4. The summed E-state index contributed by atoms with van der Waals surface area (Å²) in [5, 5.41) is 0. The highest BCUT2D eigenvalue weighted by Crippen LogP contribution is 2.20. The van der Waals surface area contributed by atoms with Gasteiger partial charge in [-0.25, -0.2) is 0 Å². The summed E-state index contributed by atoms with van der Waals surface area (Å²) in [6.45, 7) is 0.422. The van der Waals surface area contributed by atoms with Gasteiger partial charge in [0.05, 0.1) is 0 Å². The SMILES string of the molecule is Cc1cc[c]cc1OCC(F)(F)F. The molecule has 0 atom stereocenters. The van der Waals surface area contributed by atoms with Gasteiger partial charge in [0.15, 0.2) is 6.61 Å².